The van der Waals surface area contributed by atoms with Crippen molar-refractivity contribution in [3.63, 3.8) is 0 Å². The largest absolute Gasteiger partial charge is 0.508 e. The van der Waals surface area contributed by atoms with Crippen LogP contribution in [0.4, 0.5) is 11.4 Å². The first-order chi connectivity index (χ1) is 10.4. The first kappa shape index (κ1) is 15.9. The lowest BCUT2D eigenvalue weighted by molar-refractivity contribution is -0.134. The molecule has 0 fully saturated rings. The Kier molecular flexibility index (Phi) is 4.68. The number of hydrogen-bond acceptors (Lipinski definition) is 3. The highest BCUT2D eigenvalue weighted by Crippen LogP contribution is 2.23. The third kappa shape index (κ3) is 3.38. The van der Waals surface area contributed by atoms with Gasteiger partial charge in [0.2, 0.25) is 0 Å². The minimum Gasteiger partial charge on any atom is -0.508 e. The molecule has 2 N–H and O–H groups in total. The Labute approximate surface area is 133 Å². The maximum atomic E-state index is 12.1. The first-order valence-corrected chi connectivity index (χ1v) is 6.91. The summed E-state index contributed by atoms with van der Waals surface area (Å²) < 4.78 is 0. The molecule has 0 spiro atoms. The van der Waals surface area contributed by atoms with Gasteiger partial charge in [0.1, 0.15) is 5.75 Å². The van der Waals surface area contributed by atoms with Gasteiger partial charge in [0.25, 0.3) is 0 Å². The summed E-state index contributed by atoms with van der Waals surface area (Å²) in [6.07, 6.45) is 0. The van der Waals surface area contributed by atoms with Crippen LogP contribution in [0.3, 0.4) is 0 Å². The van der Waals surface area contributed by atoms with Gasteiger partial charge in [-0.2, -0.15) is 0 Å². The monoisotopic (exact) mass is 318 g/mol. The van der Waals surface area contributed by atoms with Crippen LogP contribution in [0.5, 0.6) is 5.75 Å². The zero-order chi connectivity index (χ0) is 16.3. The standard InChI is InChI=1S/C16H15ClN2O3/c1-10-13(17)4-3-5-14(10)18-15(21)16(22)19(2)11-6-8-12(20)9-7-11/h3-9,20H,1-2H3,(H,18,21). The van der Waals surface area contributed by atoms with E-state index in [1.54, 1.807) is 37.3 Å². The molecule has 2 amide bonds. The quantitative estimate of drug-likeness (QED) is 0.836. The van der Waals surface area contributed by atoms with Gasteiger partial charge in [-0.3, -0.25) is 9.59 Å². The molecule has 0 aliphatic heterocycles. The normalized spacial score (nSPS) is 10.1. The summed E-state index contributed by atoms with van der Waals surface area (Å²) in [4.78, 5) is 25.4. The van der Waals surface area contributed by atoms with Crippen molar-refractivity contribution in [1.29, 1.82) is 0 Å². The molecule has 0 radical (unpaired) electrons. The number of amides is 2. The zero-order valence-corrected chi connectivity index (χ0v) is 12.9. The number of phenolic OH excluding ortho intramolecular Hbond substituents is 1. The van der Waals surface area contributed by atoms with Gasteiger partial charge in [0.15, 0.2) is 0 Å². The zero-order valence-electron chi connectivity index (χ0n) is 12.1. The van der Waals surface area contributed by atoms with Gasteiger partial charge in [-0.05, 0) is 48.9 Å². The average molecular weight is 319 g/mol. The molecule has 5 nitrogen and oxygen atoms in total. The Hall–Kier alpha value is -2.53. The van der Waals surface area contributed by atoms with Crippen LogP contribution in [-0.2, 0) is 9.59 Å². The number of rotatable bonds is 2. The predicted octanol–water partition coefficient (Wildman–Crippen LogP) is 2.96. The third-order valence-electron chi connectivity index (χ3n) is 3.25. The van der Waals surface area contributed by atoms with Crippen molar-refractivity contribution in [2.24, 2.45) is 0 Å². The molecule has 2 aromatic carbocycles. The van der Waals surface area contributed by atoms with E-state index in [4.69, 9.17) is 11.6 Å². The second-order valence-electron chi connectivity index (χ2n) is 4.75. The van der Waals surface area contributed by atoms with Crippen LogP contribution in [0.1, 0.15) is 5.56 Å². The van der Waals surface area contributed by atoms with Gasteiger partial charge in [-0.25, -0.2) is 0 Å². The van der Waals surface area contributed by atoms with E-state index in [1.165, 1.54) is 24.1 Å². The molecule has 0 atom stereocenters. The number of phenols is 1. The molecule has 22 heavy (non-hydrogen) atoms. The molecule has 0 bridgehead atoms. The average Bonchev–Trinajstić information content (AvgIpc) is 2.51. The summed E-state index contributed by atoms with van der Waals surface area (Å²) in [5.74, 6) is -1.39. The van der Waals surface area contributed by atoms with Gasteiger partial charge in [0.05, 0.1) is 0 Å². The van der Waals surface area contributed by atoms with Crippen molar-refractivity contribution in [3.05, 3.63) is 53.1 Å². The number of carbonyl (C=O) groups excluding carboxylic acids is 2. The fraction of sp³-hybridized carbons (Fsp3) is 0.125. The van der Waals surface area contributed by atoms with Crippen molar-refractivity contribution in [2.45, 2.75) is 6.92 Å². The first-order valence-electron chi connectivity index (χ1n) is 6.53. The van der Waals surface area contributed by atoms with Crippen molar-refractivity contribution >= 4 is 34.8 Å². The van der Waals surface area contributed by atoms with E-state index >= 15 is 0 Å². The summed E-state index contributed by atoms with van der Waals surface area (Å²) in [5, 5.41) is 12.3. The minimum absolute atomic E-state index is 0.0867. The van der Waals surface area contributed by atoms with Gasteiger partial charge in [-0.15, -0.1) is 0 Å². The van der Waals surface area contributed by atoms with Crippen LogP contribution in [-0.4, -0.2) is 24.0 Å². The SMILES string of the molecule is Cc1c(Cl)cccc1NC(=O)C(=O)N(C)c1ccc(O)cc1. The Morgan fingerprint density at radius 3 is 2.41 bits per heavy atom. The van der Waals surface area contributed by atoms with E-state index in [0.717, 1.165) is 0 Å². The smallest absolute Gasteiger partial charge is 0.316 e. The summed E-state index contributed by atoms with van der Waals surface area (Å²) in [6, 6.07) is 11.1. The molecule has 0 aromatic heterocycles. The maximum absolute atomic E-state index is 12.1. The highest BCUT2D eigenvalue weighted by atomic mass is 35.5. The number of anilines is 2. The number of nitrogens with zero attached hydrogens (tertiary/aromatic N) is 1. The molecule has 0 aliphatic carbocycles. The number of halogens is 1. The second kappa shape index (κ2) is 6.49. The van der Waals surface area contributed by atoms with Crippen molar-refractivity contribution < 1.29 is 14.7 Å². The molecule has 2 aromatic rings. The van der Waals surface area contributed by atoms with Gasteiger partial charge in [0, 0.05) is 23.4 Å². The molecule has 0 heterocycles. The Balaban J connectivity index is 2.13. The van der Waals surface area contributed by atoms with E-state index < -0.39 is 11.8 Å². The van der Waals surface area contributed by atoms with Crippen molar-refractivity contribution in [3.8, 4) is 5.75 Å². The summed E-state index contributed by atoms with van der Waals surface area (Å²) in [5.41, 5.74) is 1.68. The van der Waals surface area contributed by atoms with Gasteiger partial charge >= 0.3 is 11.8 Å². The Bertz CT molecular complexity index is 714. The fourth-order valence-corrected chi connectivity index (χ4v) is 2.04. The van der Waals surface area contributed by atoms with E-state index in [-0.39, 0.29) is 5.75 Å². The molecule has 0 saturated carbocycles. The molecule has 6 heteroatoms. The summed E-state index contributed by atoms with van der Waals surface area (Å²) in [6.45, 7) is 1.76. The molecule has 0 aliphatic rings. The number of aromatic hydroxyl groups is 1. The minimum atomic E-state index is -0.763. The van der Waals surface area contributed by atoms with E-state index in [9.17, 15) is 14.7 Å². The number of benzene rings is 2. The van der Waals surface area contributed by atoms with Crippen molar-refractivity contribution in [1.82, 2.24) is 0 Å². The van der Waals surface area contributed by atoms with Crippen molar-refractivity contribution in [2.75, 3.05) is 17.3 Å². The number of nitrogens with one attached hydrogen (secondary N) is 1. The molecular formula is C16H15ClN2O3. The lowest BCUT2D eigenvalue weighted by Gasteiger charge is -2.17. The lowest BCUT2D eigenvalue weighted by atomic mass is 10.2. The number of hydrogen-bond donors (Lipinski definition) is 2. The number of likely N-dealkylation sites (N-methyl/N-ethyl adjacent to an activating group) is 1. The molecular weight excluding hydrogens is 304 g/mol. The fourth-order valence-electron chi connectivity index (χ4n) is 1.86. The van der Waals surface area contributed by atoms with Crippen LogP contribution in [0.25, 0.3) is 0 Å². The highest BCUT2D eigenvalue weighted by molar-refractivity contribution is 6.44. The summed E-state index contributed by atoms with van der Waals surface area (Å²) in [7, 11) is 1.49. The molecule has 0 unspecified atom stereocenters. The van der Waals surface area contributed by atoms with E-state index in [0.29, 0.717) is 22.0 Å². The van der Waals surface area contributed by atoms with Crippen LogP contribution in [0, 0.1) is 6.92 Å². The van der Waals surface area contributed by atoms with Crippen LogP contribution in [0.15, 0.2) is 42.5 Å². The molecule has 0 saturated heterocycles. The maximum Gasteiger partial charge on any atom is 0.316 e. The molecule has 114 valence electrons. The lowest BCUT2D eigenvalue weighted by Crippen LogP contribution is -2.37. The van der Waals surface area contributed by atoms with Gasteiger partial charge < -0.3 is 15.3 Å². The number of carbonyl (C=O) groups is 2. The second-order valence-corrected chi connectivity index (χ2v) is 5.15. The molecule has 2 rings (SSSR count). The predicted molar refractivity (Wildman–Crippen MR) is 86.3 cm³/mol. The van der Waals surface area contributed by atoms with Crippen LogP contribution >= 0.6 is 11.6 Å². The van der Waals surface area contributed by atoms with Crippen LogP contribution < -0.4 is 10.2 Å². The highest BCUT2D eigenvalue weighted by Gasteiger charge is 2.20. The topological polar surface area (TPSA) is 69.6 Å². The summed E-state index contributed by atoms with van der Waals surface area (Å²) >= 11 is 5.98. The van der Waals surface area contributed by atoms with Gasteiger partial charge in [-0.1, -0.05) is 17.7 Å². The Morgan fingerprint density at radius 1 is 1.14 bits per heavy atom. The van der Waals surface area contributed by atoms with E-state index in [2.05, 4.69) is 5.32 Å². The Morgan fingerprint density at radius 2 is 1.77 bits per heavy atom. The van der Waals surface area contributed by atoms with E-state index in [1.807, 2.05) is 0 Å². The third-order valence-corrected chi connectivity index (χ3v) is 3.66. The van der Waals surface area contributed by atoms with Crippen LogP contribution in [0.2, 0.25) is 5.02 Å².